The number of anilines is 1. The number of para-hydroxylation sites is 2. The van der Waals surface area contributed by atoms with Crippen molar-refractivity contribution in [3.63, 3.8) is 0 Å². The monoisotopic (exact) mass is 389 g/mol. The van der Waals surface area contributed by atoms with Gasteiger partial charge in [0, 0.05) is 6.08 Å². The Balaban J connectivity index is 1.51. The number of nitrogens with zero attached hydrogens (tertiary/aromatic N) is 1. The van der Waals surface area contributed by atoms with Crippen LogP contribution in [-0.4, -0.2) is 25.1 Å². The van der Waals surface area contributed by atoms with E-state index < -0.39 is 5.97 Å². The van der Waals surface area contributed by atoms with Gasteiger partial charge in [0.05, 0.1) is 18.0 Å². The van der Waals surface area contributed by atoms with Gasteiger partial charge in [-0.1, -0.05) is 42.5 Å². The Morgan fingerprint density at radius 2 is 1.83 bits per heavy atom. The van der Waals surface area contributed by atoms with Crippen LogP contribution in [0.25, 0.3) is 6.08 Å². The van der Waals surface area contributed by atoms with Gasteiger partial charge in [-0.05, 0) is 35.9 Å². The molecule has 0 aliphatic carbocycles. The predicted molar refractivity (Wildman–Crippen MR) is 107 cm³/mol. The molecule has 0 fully saturated rings. The molecule has 29 heavy (non-hydrogen) atoms. The largest absolute Gasteiger partial charge is 0.489 e. The van der Waals surface area contributed by atoms with Crippen LogP contribution in [0.4, 0.5) is 5.69 Å². The van der Waals surface area contributed by atoms with Crippen molar-refractivity contribution in [1.82, 2.24) is 0 Å². The topological polar surface area (TPSA) is 69.0 Å². The normalized spacial score (nSPS) is 15.6. The molecule has 1 amide bonds. The van der Waals surface area contributed by atoms with Gasteiger partial charge in [0.25, 0.3) is 5.91 Å². The van der Waals surface area contributed by atoms with Gasteiger partial charge in [-0.25, -0.2) is 4.79 Å². The van der Waals surface area contributed by atoms with Crippen molar-refractivity contribution < 1.29 is 23.5 Å². The summed E-state index contributed by atoms with van der Waals surface area (Å²) in [6.45, 7) is -0.0574. The average molecular weight is 389 g/mol. The summed E-state index contributed by atoms with van der Waals surface area (Å²) in [7, 11) is 0. The van der Waals surface area contributed by atoms with Crippen molar-refractivity contribution in [3.05, 3.63) is 90.4 Å². The number of carbonyl (C=O) groups is 2. The Morgan fingerprint density at radius 1 is 1.03 bits per heavy atom. The lowest BCUT2D eigenvalue weighted by atomic mass is 10.0. The number of amides is 1. The highest BCUT2D eigenvalue weighted by Crippen LogP contribution is 2.39. The van der Waals surface area contributed by atoms with Crippen LogP contribution in [0.15, 0.2) is 83.5 Å². The molecule has 1 aliphatic heterocycles. The van der Waals surface area contributed by atoms with Crippen LogP contribution in [0, 0.1) is 0 Å². The Labute approximate surface area is 168 Å². The van der Waals surface area contributed by atoms with E-state index in [0.717, 1.165) is 5.56 Å². The van der Waals surface area contributed by atoms with E-state index in [2.05, 4.69) is 0 Å². The minimum absolute atomic E-state index is 0.309. The standard InChI is InChI=1S/C23H19NO5/c25-22(16-29-23(26)13-12-18-9-6-14-27-18)24-19-10-4-5-11-21(19)28-15-20(24)17-7-2-1-3-8-17/h1-14,20H,15-16H2. The van der Waals surface area contributed by atoms with Gasteiger partial charge < -0.3 is 13.9 Å². The van der Waals surface area contributed by atoms with Crippen LogP contribution in [0.2, 0.25) is 0 Å². The maximum absolute atomic E-state index is 13.0. The molecular weight excluding hydrogens is 370 g/mol. The highest BCUT2D eigenvalue weighted by Gasteiger charge is 2.33. The van der Waals surface area contributed by atoms with Crippen molar-refractivity contribution in [2.24, 2.45) is 0 Å². The number of carbonyl (C=O) groups excluding carboxylic acids is 2. The maximum atomic E-state index is 13.0. The molecule has 1 atom stereocenters. The number of benzene rings is 2. The SMILES string of the molecule is O=C(C=Cc1ccco1)OCC(=O)N1c2ccccc2OCC1c1ccccc1. The van der Waals surface area contributed by atoms with Gasteiger partial charge in [0.15, 0.2) is 6.61 Å². The van der Waals surface area contributed by atoms with E-state index in [1.54, 1.807) is 17.0 Å². The summed E-state index contributed by atoms with van der Waals surface area (Å²) in [6, 6.07) is 20.1. The van der Waals surface area contributed by atoms with E-state index in [1.165, 1.54) is 18.4 Å². The van der Waals surface area contributed by atoms with Crippen molar-refractivity contribution in [3.8, 4) is 5.75 Å². The summed E-state index contributed by atoms with van der Waals surface area (Å²) in [5.74, 6) is 0.207. The summed E-state index contributed by atoms with van der Waals surface area (Å²) >= 11 is 0. The van der Waals surface area contributed by atoms with Crippen molar-refractivity contribution in [2.75, 3.05) is 18.1 Å². The lowest BCUT2D eigenvalue weighted by molar-refractivity contribution is -0.143. The fraction of sp³-hybridized carbons (Fsp3) is 0.130. The number of furan rings is 1. The van der Waals surface area contributed by atoms with Crippen LogP contribution in [0.1, 0.15) is 17.4 Å². The van der Waals surface area contributed by atoms with Gasteiger partial charge in [-0.2, -0.15) is 0 Å². The molecule has 1 unspecified atom stereocenters. The fourth-order valence-electron chi connectivity index (χ4n) is 3.20. The number of hydrogen-bond acceptors (Lipinski definition) is 5. The lowest BCUT2D eigenvalue weighted by Crippen LogP contribution is -2.43. The maximum Gasteiger partial charge on any atom is 0.331 e. The number of rotatable bonds is 5. The Kier molecular flexibility index (Phi) is 5.42. The lowest BCUT2D eigenvalue weighted by Gasteiger charge is -2.37. The first-order chi connectivity index (χ1) is 14.2. The van der Waals surface area contributed by atoms with E-state index in [9.17, 15) is 9.59 Å². The third-order valence-corrected chi connectivity index (χ3v) is 4.55. The van der Waals surface area contributed by atoms with Gasteiger partial charge in [0.2, 0.25) is 0 Å². The van der Waals surface area contributed by atoms with Gasteiger partial charge in [-0.15, -0.1) is 0 Å². The first-order valence-corrected chi connectivity index (χ1v) is 9.19. The van der Waals surface area contributed by atoms with Gasteiger partial charge in [0.1, 0.15) is 18.1 Å². The molecule has 3 aromatic rings. The second kappa shape index (κ2) is 8.48. The van der Waals surface area contributed by atoms with Gasteiger partial charge >= 0.3 is 5.97 Å². The zero-order valence-corrected chi connectivity index (χ0v) is 15.6. The second-order valence-electron chi connectivity index (χ2n) is 6.43. The van der Waals surface area contributed by atoms with E-state index in [-0.39, 0.29) is 18.6 Å². The van der Waals surface area contributed by atoms with Gasteiger partial charge in [-0.3, -0.25) is 9.69 Å². The van der Waals surface area contributed by atoms with E-state index in [1.807, 2.05) is 54.6 Å². The second-order valence-corrected chi connectivity index (χ2v) is 6.43. The molecule has 2 aromatic carbocycles. The zero-order chi connectivity index (χ0) is 20.1. The van der Waals surface area contributed by atoms with Crippen LogP contribution in [-0.2, 0) is 14.3 Å². The summed E-state index contributed by atoms with van der Waals surface area (Å²) < 4.78 is 16.1. The number of ether oxygens (including phenoxy) is 2. The van der Waals surface area contributed by atoms with Crippen LogP contribution in [0.5, 0.6) is 5.75 Å². The molecule has 6 heteroatoms. The number of hydrogen-bond donors (Lipinski definition) is 0. The summed E-state index contributed by atoms with van der Waals surface area (Å²) in [5, 5.41) is 0. The molecule has 0 bridgehead atoms. The number of esters is 1. The minimum Gasteiger partial charge on any atom is -0.489 e. The van der Waals surface area contributed by atoms with E-state index >= 15 is 0 Å². The smallest absolute Gasteiger partial charge is 0.331 e. The Morgan fingerprint density at radius 3 is 2.62 bits per heavy atom. The Hall–Kier alpha value is -3.80. The van der Waals surface area contributed by atoms with E-state index in [4.69, 9.17) is 13.9 Å². The highest BCUT2D eigenvalue weighted by atomic mass is 16.5. The molecule has 1 aliphatic rings. The quantitative estimate of drug-likeness (QED) is 0.487. The zero-order valence-electron chi connectivity index (χ0n) is 15.6. The molecule has 0 spiro atoms. The van der Waals surface area contributed by atoms with E-state index in [0.29, 0.717) is 23.8 Å². The first kappa shape index (κ1) is 18.6. The molecule has 2 heterocycles. The minimum atomic E-state index is -0.618. The predicted octanol–water partition coefficient (Wildman–Crippen LogP) is 4.00. The fourth-order valence-corrected chi connectivity index (χ4v) is 3.20. The van der Waals surface area contributed by atoms with Crippen LogP contribution >= 0.6 is 0 Å². The molecule has 0 N–H and O–H groups in total. The molecule has 0 radical (unpaired) electrons. The van der Waals surface area contributed by atoms with Crippen LogP contribution < -0.4 is 9.64 Å². The summed E-state index contributed by atoms with van der Waals surface area (Å²) in [5.41, 5.74) is 1.60. The van der Waals surface area contributed by atoms with Crippen LogP contribution in [0.3, 0.4) is 0 Å². The Bertz CT molecular complexity index is 1010. The highest BCUT2D eigenvalue weighted by molar-refractivity contribution is 5.98. The van der Waals surface area contributed by atoms with Crippen molar-refractivity contribution in [2.45, 2.75) is 6.04 Å². The third kappa shape index (κ3) is 4.21. The first-order valence-electron chi connectivity index (χ1n) is 9.19. The van der Waals surface area contributed by atoms with Crippen molar-refractivity contribution in [1.29, 1.82) is 0 Å². The van der Waals surface area contributed by atoms with Crippen molar-refractivity contribution >= 4 is 23.6 Å². The molecule has 0 saturated heterocycles. The summed E-state index contributed by atoms with van der Waals surface area (Å²) in [4.78, 5) is 26.6. The molecule has 6 nitrogen and oxygen atoms in total. The molecule has 0 saturated carbocycles. The summed E-state index contributed by atoms with van der Waals surface area (Å²) in [6.07, 6.45) is 4.23. The molecule has 146 valence electrons. The average Bonchev–Trinajstić information content (AvgIpc) is 3.29. The third-order valence-electron chi connectivity index (χ3n) is 4.55. The molecular formula is C23H19NO5. The number of fused-ring (bicyclic) bond motifs is 1. The molecule has 4 rings (SSSR count). The molecule has 1 aromatic heterocycles.